The average Bonchev–Trinajstić information content (AvgIpc) is 2.29. The van der Waals surface area contributed by atoms with Crippen LogP contribution in [0.3, 0.4) is 0 Å². The fourth-order valence-electron chi connectivity index (χ4n) is 2.29. The summed E-state index contributed by atoms with van der Waals surface area (Å²) in [5.74, 6) is -0.230. The zero-order valence-corrected chi connectivity index (χ0v) is 11.0. The van der Waals surface area contributed by atoms with Gasteiger partial charge in [0.1, 0.15) is 5.82 Å². The Balaban J connectivity index is 2.15. The topological polar surface area (TPSA) is 49.5 Å². The van der Waals surface area contributed by atoms with Crippen LogP contribution in [-0.4, -0.2) is 23.8 Å². The predicted octanol–water partition coefficient (Wildman–Crippen LogP) is 2.20. The summed E-state index contributed by atoms with van der Waals surface area (Å²) in [6.07, 6.45) is 1.34. The minimum atomic E-state index is -0.612. The van der Waals surface area contributed by atoms with Crippen LogP contribution in [0.1, 0.15) is 38.3 Å². The minimum absolute atomic E-state index is 0.157. The Labute approximate surface area is 107 Å². The van der Waals surface area contributed by atoms with E-state index in [0.29, 0.717) is 31.6 Å². The highest BCUT2D eigenvalue weighted by Crippen LogP contribution is 2.28. The first-order valence-corrected chi connectivity index (χ1v) is 6.41. The van der Waals surface area contributed by atoms with E-state index in [-0.39, 0.29) is 11.9 Å². The number of hydrogen-bond acceptors (Lipinski definition) is 3. The average molecular weight is 252 g/mol. The van der Waals surface area contributed by atoms with Crippen molar-refractivity contribution >= 4 is 5.69 Å². The summed E-state index contributed by atoms with van der Waals surface area (Å²) in [5, 5.41) is 9.89. The van der Waals surface area contributed by atoms with Crippen LogP contribution in [0.4, 0.5) is 10.1 Å². The van der Waals surface area contributed by atoms with E-state index < -0.39 is 5.60 Å². The van der Waals surface area contributed by atoms with Crippen molar-refractivity contribution in [2.75, 3.05) is 18.0 Å². The first kappa shape index (κ1) is 13.3. The number of nitrogens with two attached hydrogens (primary N) is 1. The van der Waals surface area contributed by atoms with Crippen molar-refractivity contribution in [1.82, 2.24) is 0 Å². The summed E-state index contributed by atoms with van der Waals surface area (Å²) in [7, 11) is 0. The van der Waals surface area contributed by atoms with E-state index in [9.17, 15) is 9.50 Å². The van der Waals surface area contributed by atoms with Gasteiger partial charge in [-0.15, -0.1) is 0 Å². The van der Waals surface area contributed by atoms with Crippen LogP contribution in [0.2, 0.25) is 0 Å². The number of nitrogens with zero attached hydrogens (tertiary/aromatic N) is 1. The molecule has 0 spiro atoms. The summed E-state index contributed by atoms with van der Waals surface area (Å²) in [5.41, 5.74) is 6.53. The quantitative estimate of drug-likeness (QED) is 0.848. The highest BCUT2D eigenvalue weighted by Gasteiger charge is 2.28. The van der Waals surface area contributed by atoms with Crippen LogP contribution in [0, 0.1) is 5.82 Å². The molecule has 0 aromatic heterocycles. The fraction of sp³-hybridized carbons (Fsp3) is 0.571. The summed E-state index contributed by atoms with van der Waals surface area (Å²) in [6, 6.07) is 5.01. The summed E-state index contributed by atoms with van der Waals surface area (Å²) in [6.45, 7) is 5.04. The van der Waals surface area contributed by atoms with Gasteiger partial charge in [0.05, 0.1) is 11.3 Å². The van der Waals surface area contributed by atoms with Crippen LogP contribution in [-0.2, 0) is 0 Å². The van der Waals surface area contributed by atoms with Crippen molar-refractivity contribution in [2.24, 2.45) is 5.73 Å². The number of piperidine rings is 1. The third kappa shape index (κ3) is 2.82. The highest BCUT2D eigenvalue weighted by atomic mass is 19.1. The van der Waals surface area contributed by atoms with Crippen LogP contribution in [0.25, 0.3) is 0 Å². The van der Waals surface area contributed by atoms with E-state index in [1.807, 2.05) is 24.8 Å². The van der Waals surface area contributed by atoms with Gasteiger partial charge in [0.15, 0.2) is 0 Å². The second-order valence-corrected chi connectivity index (χ2v) is 5.48. The maximum atomic E-state index is 14.0. The number of anilines is 1. The normalized spacial score (nSPS) is 20.8. The molecule has 1 aliphatic heterocycles. The second-order valence-electron chi connectivity index (χ2n) is 5.48. The number of hydrogen-bond donors (Lipinski definition) is 2. The zero-order valence-electron chi connectivity index (χ0n) is 11.0. The Morgan fingerprint density at radius 2 is 2.00 bits per heavy atom. The lowest BCUT2D eigenvalue weighted by molar-refractivity contribution is 0.0350. The van der Waals surface area contributed by atoms with Crippen LogP contribution >= 0.6 is 0 Å². The van der Waals surface area contributed by atoms with E-state index in [2.05, 4.69) is 0 Å². The molecule has 0 bridgehead atoms. The molecule has 0 radical (unpaired) electrons. The smallest absolute Gasteiger partial charge is 0.146 e. The van der Waals surface area contributed by atoms with Crippen LogP contribution < -0.4 is 10.6 Å². The summed E-state index contributed by atoms with van der Waals surface area (Å²) in [4.78, 5) is 1.98. The van der Waals surface area contributed by atoms with Gasteiger partial charge in [-0.3, -0.25) is 0 Å². The van der Waals surface area contributed by atoms with Crippen LogP contribution in [0.15, 0.2) is 18.2 Å². The van der Waals surface area contributed by atoms with Gasteiger partial charge in [-0.2, -0.15) is 0 Å². The molecule has 1 saturated heterocycles. The minimum Gasteiger partial charge on any atom is -0.390 e. The van der Waals surface area contributed by atoms with Gasteiger partial charge in [-0.05, 0) is 44.4 Å². The second kappa shape index (κ2) is 4.86. The zero-order chi connectivity index (χ0) is 13.3. The molecule has 1 aromatic rings. The molecule has 0 amide bonds. The van der Waals surface area contributed by atoms with Crippen molar-refractivity contribution < 1.29 is 9.50 Å². The van der Waals surface area contributed by atoms with Gasteiger partial charge in [0.2, 0.25) is 0 Å². The molecule has 0 saturated carbocycles. The molecule has 4 heteroatoms. The summed E-state index contributed by atoms with van der Waals surface area (Å²) < 4.78 is 14.0. The van der Waals surface area contributed by atoms with Crippen molar-refractivity contribution in [1.29, 1.82) is 0 Å². The van der Waals surface area contributed by atoms with Crippen molar-refractivity contribution in [2.45, 2.75) is 38.3 Å². The molecule has 0 unspecified atom stereocenters. The van der Waals surface area contributed by atoms with Crippen molar-refractivity contribution in [3.05, 3.63) is 29.6 Å². The van der Waals surface area contributed by atoms with Gasteiger partial charge in [-0.25, -0.2) is 4.39 Å². The molecule has 1 fully saturated rings. The molecule has 3 nitrogen and oxygen atoms in total. The molecule has 3 N–H and O–H groups in total. The monoisotopic (exact) mass is 252 g/mol. The van der Waals surface area contributed by atoms with Gasteiger partial charge >= 0.3 is 0 Å². The first-order valence-electron chi connectivity index (χ1n) is 6.41. The largest absolute Gasteiger partial charge is 0.390 e. The Morgan fingerprint density at radius 3 is 2.50 bits per heavy atom. The Morgan fingerprint density at radius 1 is 1.39 bits per heavy atom. The van der Waals surface area contributed by atoms with E-state index >= 15 is 0 Å². The first-order chi connectivity index (χ1) is 8.39. The van der Waals surface area contributed by atoms with Gasteiger partial charge in [0, 0.05) is 19.1 Å². The van der Waals surface area contributed by atoms with Gasteiger partial charge in [-0.1, -0.05) is 6.07 Å². The maximum Gasteiger partial charge on any atom is 0.146 e. The lowest BCUT2D eigenvalue weighted by atomic mass is 9.93. The lowest BCUT2D eigenvalue weighted by Crippen LogP contribution is -2.42. The van der Waals surface area contributed by atoms with Gasteiger partial charge in [0.25, 0.3) is 0 Å². The molecule has 1 aliphatic rings. The SMILES string of the molecule is C[C@H](N)c1ccc(N2CCC(C)(O)CC2)c(F)c1. The summed E-state index contributed by atoms with van der Waals surface area (Å²) >= 11 is 0. The van der Waals surface area contributed by atoms with E-state index in [1.54, 1.807) is 6.07 Å². The number of rotatable bonds is 2. The highest BCUT2D eigenvalue weighted by molar-refractivity contribution is 5.50. The molecule has 1 atom stereocenters. The van der Waals surface area contributed by atoms with Crippen molar-refractivity contribution in [3.8, 4) is 0 Å². The molecule has 1 heterocycles. The number of halogens is 1. The molecule has 100 valence electrons. The molecular weight excluding hydrogens is 231 g/mol. The molecule has 1 aromatic carbocycles. The number of aliphatic hydroxyl groups is 1. The van der Waals surface area contributed by atoms with E-state index in [4.69, 9.17) is 5.73 Å². The molecule has 18 heavy (non-hydrogen) atoms. The Hall–Kier alpha value is -1.13. The van der Waals surface area contributed by atoms with Gasteiger partial charge < -0.3 is 15.7 Å². The molecular formula is C14H21FN2O. The Kier molecular flexibility index (Phi) is 3.59. The Bertz CT molecular complexity index is 422. The standard InChI is InChI=1S/C14H21FN2O/c1-10(16)11-3-4-13(12(15)9-11)17-7-5-14(2,18)6-8-17/h3-4,9-10,18H,5-8,16H2,1-2H3/t10-/m0/s1. The maximum absolute atomic E-state index is 14.0. The van der Waals surface area contributed by atoms with Crippen LogP contribution in [0.5, 0.6) is 0 Å². The van der Waals surface area contributed by atoms with E-state index in [0.717, 1.165) is 5.56 Å². The third-order valence-electron chi connectivity index (χ3n) is 3.68. The van der Waals surface area contributed by atoms with E-state index in [1.165, 1.54) is 6.07 Å². The predicted molar refractivity (Wildman–Crippen MR) is 71.1 cm³/mol. The lowest BCUT2D eigenvalue weighted by Gasteiger charge is -2.37. The fourth-order valence-corrected chi connectivity index (χ4v) is 2.29. The third-order valence-corrected chi connectivity index (χ3v) is 3.68. The molecule has 0 aliphatic carbocycles. The van der Waals surface area contributed by atoms with Crippen molar-refractivity contribution in [3.63, 3.8) is 0 Å². The molecule has 2 rings (SSSR count). The number of benzene rings is 1.